The Morgan fingerprint density at radius 1 is 1.03 bits per heavy atom. The lowest BCUT2D eigenvalue weighted by molar-refractivity contribution is 0.101. The fraction of sp³-hybridized carbons (Fsp3) is 0.0455. The van der Waals surface area contributed by atoms with Crippen LogP contribution in [0.2, 0.25) is 0 Å². The van der Waals surface area contributed by atoms with Gasteiger partial charge in [0.05, 0.1) is 11.8 Å². The number of aromatic nitrogens is 4. The maximum absolute atomic E-state index is 12.6. The number of benzene rings is 1. The molecule has 0 atom stereocenters. The lowest BCUT2D eigenvalue weighted by atomic mass is 10.1. The van der Waals surface area contributed by atoms with E-state index in [-0.39, 0.29) is 33.4 Å². The Morgan fingerprint density at radius 2 is 1.82 bits per heavy atom. The Bertz CT molecular complexity index is 1580. The number of nitrogens with zero attached hydrogens (tertiary/aromatic N) is 4. The number of carbonyl (C=O) groups excluding carboxylic acids is 2. The summed E-state index contributed by atoms with van der Waals surface area (Å²) in [5, 5.41) is 15.8. The average Bonchev–Trinajstić information content (AvgIpc) is 3.20. The Morgan fingerprint density at radius 3 is 2.58 bits per heavy atom. The number of Topliss-reactive ketones (excluding diaryl/α,β-unsaturated/α-hetero) is 1. The monoisotopic (exact) mass is 460 g/mol. The number of carbonyl (C=O) groups is 2. The number of ketones is 1. The number of hydrogen-bond acceptors (Lipinski definition) is 7. The molecular formula is C22H16N6O4S. The van der Waals surface area contributed by atoms with E-state index in [0.29, 0.717) is 11.2 Å². The second-order valence-corrected chi connectivity index (χ2v) is 8.43. The van der Waals surface area contributed by atoms with E-state index < -0.39 is 15.9 Å². The van der Waals surface area contributed by atoms with E-state index in [0.717, 1.165) is 6.20 Å². The molecule has 0 unspecified atom stereocenters. The summed E-state index contributed by atoms with van der Waals surface area (Å²) < 4.78 is 25.6. The van der Waals surface area contributed by atoms with Crippen molar-refractivity contribution in [2.75, 3.05) is 5.32 Å². The Balaban J connectivity index is 1.70. The number of nitrogens with one attached hydrogen (secondary N) is 1. The number of primary sulfonamides is 1. The summed E-state index contributed by atoms with van der Waals surface area (Å²) in [6.45, 7) is 1.40. The highest BCUT2D eigenvalue weighted by Gasteiger charge is 2.16. The molecule has 1 aromatic carbocycles. The van der Waals surface area contributed by atoms with Crippen molar-refractivity contribution in [1.82, 2.24) is 19.6 Å². The van der Waals surface area contributed by atoms with Gasteiger partial charge in [-0.15, -0.1) is 10.2 Å². The fourth-order valence-electron chi connectivity index (χ4n) is 2.95. The Kier molecular flexibility index (Phi) is 5.70. The smallest absolute Gasteiger partial charge is 0.256 e. The topological polar surface area (TPSA) is 149 Å². The van der Waals surface area contributed by atoms with Gasteiger partial charge in [0.2, 0.25) is 15.8 Å². The Labute approximate surface area is 188 Å². The maximum Gasteiger partial charge on any atom is 0.256 e. The molecule has 1 amide bonds. The van der Waals surface area contributed by atoms with Crippen LogP contribution in [0.15, 0.2) is 65.8 Å². The number of sulfonamides is 1. The zero-order valence-electron chi connectivity index (χ0n) is 17.2. The third kappa shape index (κ3) is 4.77. The molecule has 4 rings (SSSR count). The lowest BCUT2D eigenvalue weighted by Gasteiger charge is -2.08. The van der Waals surface area contributed by atoms with Crippen molar-refractivity contribution in [2.45, 2.75) is 11.8 Å². The van der Waals surface area contributed by atoms with Crippen LogP contribution in [0.1, 0.15) is 39.0 Å². The number of nitrogens with two attached hydrogens (primary N) is 1. The molecule has 0 saturated carbocycles. The SMILES string of the molecule is CC(=O)c1cccc(C(=O)Nc2cc(C#Cc3nnc4ccccn34)c(S(N)(=O)=O)cn2)c1. The van der Waals surface area contributed by atoms with Crippen molar-refractivity contribution in [2.24, 2.45) is 5.14 Å². The predicted molar refractivity (Wildman–Crippen MR) is 119 cm³/mol. The molecule has 3 N–H and O–H groups in total. The van der Waals surface area contributed by atoms with Crippen LogP contribution >= 0.6 is 0 Å². The summed E-state index contributed by atoms with van der Waals surface area (Å²) in [6.07, 6.45) is 2.73. The van der Waals surface area contributed by atoms with E-state index in [1.165, 1.54) is 25.1 Å². The van der Waals surface area contributed by atoms with Crippen LogP contribution < -0.4 is 10.5 Å². The second kappa shape index (κ2) is 8.62. The highest BCUT2D eigenvalue weighted by molar-refractivity contribution is 7.89. The van der Waals surface area contributed by atoms with Gasteiger partial charge in [-0.25, -0.2) is 18.5 Å². The van der Waals surface area contributed by atoms with Gasteiger partial charge in [0.25, 0.3) is 5.91 Å². The molecule has 164 valence electrons. The molecule has 0 saturated heterocycles. The van der Waals surface area contributed by atoms with Crippen LogP contribution in [0.25, 0.3) is 5.65 Å². The third-order valence-corrected chi connectivity index (χ3v) is 5.51. The van der Waals surface area contributed by atoms with E-state index in [1.807, 2.05) is 0 Å². The number of hydrogen-bond donors (Lipinski definition) is 2. The fourth-order valence-corrected chi connectivity index (χ4v) is 3.57. The number of pyridine rings is 2. The number of anilines is 1. The molecule has 4 aromatic rings. The molecule has 0 spiro atoms. The van der Waals surface area contributed by atoms with Gasteiger partial charge in [-0.2, -0.15) is 0 Å². The second-order valence-electron chi connectivity index (χ2n) is 6.90. The van der Waals surface area contributed by atoms with Crippen molar-refractivity contribution in [3.63, 3.8) is 0 Å². The van der Waals surface area contributed by atoms with Gasteiger partial charge in [-0.05, 0) is 43.2 Å². The molecule has 0 fully saturated rings. The highest BCUT2D eigenvalue weighted by Crippen LogP contribution is 2.17. The zero-order valence-corrected chi connectivity index (χ0v) is 18.0. The minimum atomic E-state index is -4.14. The number of rotatable bonds is 4. The summed E-state index contributed by atoms with van der Waals surface area (Å²) in [7, 11) is -4.14. The van der Waals surface area contributed by atoms with Gasteiger partial charge in [-0.1, -0.05) is 24.1 Å². The lowest BCUT2D eigenvalue weighted by Crippen LogP contribution is -2.17. The number of fused-ring (bicyclic) bond motifs is 1. The van der Waals surface area contributed by atoms with Crippen molar-refractivity contribution in [3.8, 4) is 11.8 Å². The molecule has 33 heavy (non-hydrogen) atoms. The van der Waals surface area contributed by atoms with E-state index >= 15 is 0 Å². The van der Waals surface area contributed by atoms with Gasteiger partial charge in [0.1, 0.15) is 10.7 Å². The zero-order chi connectivity index (χ0) is 23.6. The molecule has 0 radical (unpaired) electrons. The first-order valence-electron chi connectivity index (χ1n) is 9.49. The van der Waals surface area contributed by atoms with E-state index in [4.69, 9.17) is 5.14 Å². The van der Waals surface area contributed by atoms with E-state index in [9.17, 15) is 18.0 Å². The van der Waals surface area contributed by atoms with Crippen molar-refractivity contribution in [1.29, 1.82) is 0 Å². The molecule has 3 aromatic heterocycles. The molecule has 0 bridgehead atoms. The van der Waals surface area contributed by atoms with Gasteiger partial charge < -0.3 is 5.32 Å². The van der Waals surface area contributed by atoms with Gasteiger partial charge in [0.15, 0.2) is 11.4 Å². The minimum Gasteiger partial charge on any atom is -0.307 e. The molecular weight excluding hydrogens is 444 g/mol. The summed E-state index contributed by atoms with van der Waals surface area (Å²) in [6, 6.07) is 12.8. The molecule has 11 heteroatoms. The molecule has 0 aliphatic heterocycles. The molecule has 3 heterocycles. The van der Waals surface area contributed by atoms with Crippen LogP contribution in [0.5, 0.6) is 0 Å². The number of amides is 1. The molecule has 0 aliphatic rings. The van der Waals surface area contributed by atoms with E-state index in [1.54, 1.807) is 40.9 Å². The van der Waals surface area contributed by atoms with Gasteiger partial charge >= 0.3 is 0 Å². The van der Waals surface area contributed by atoms with Gasteiger partial charge in [0, 0.05) is 17.3 Å². The first kappa shape index (κ1) is 21.8. The third-order valence-electron chi connectivity index (χ3n) is 4.57. The van der Waals surface area contributed by atoms with Gasteiger partial charge in [-0.3, -0.25) is 14.0 Å². The largest absolute Gasteiger partial charge is 0.307 e. The quantitative estimate of drug-likeness (QED) is 0.347. The standard InChI is InChI=1S/C22H16N6O4S/c1-14(29)15-5-4-6-17(11-15)22(30)25-19-12-16(18(13-24-19)33(23,31)32)8-9-21-27-26-20-7-2-3-10-28(20)21/h2-7,10-13H,1H3,(H2,23,31,32)(H,24,25,30). The van der Waals surface area contributed by atoms with Crippen LogP contribution in [-0.4, -0.2) is 39.7 Å². The molecule has 0 aliphatic carbocycles. The summed E-state index contributed by atoms with van der Waals surface area (Å²) in [5.74, 6) is 5.12. The van der Waals surface area contributed by atoms with Crippen molar-refractivity contribution < 1.29 is 18.0 Å². The minimum absolute atomic E-state index is 0.0213. The van der Waals surface area contributed by atoms with Crippen molar-refractivity contribution in [3.05, 3.63) is 83.4 Å². The highest BCUT2D eigenvalue weighted by atomic mass is 32.2. The van der Waals surface area contributed by atoms with E-state index in [2.05, 4.69) is 32.3 Å². The summed E-state index contributed by atoms with van der Waals surface area (Å²) >= 11 is 0. The molecule has 10 nitrogen and oxygen atoms in total. The summed E-state index contributed by atoms with van der Waals surface area (Å²) in [4.78, 5) is 27.8. The van der Waals surface area contributed by atoms with Crippen LogP contribution in [0.3, 0.4) is 0 Å². The normalized spacial score (nSPS) is 11.0. The first-order chi connectivity index (χ1) is 15.7. The average molecular weight is 460 g/mol. The van der Waals surface area contributed by atoms with Crippen LogP contribution in [0.4, 0.5) is 5.82 Å². The predicted octanol–water partition coefficient (Wildman–Crippen LogP) is 1.63. The van der Waals surface area contributed by atoms with Crippen LogP contribution in [0, 0.1) is 11.8 Å². The summed E-state index contributed by atoms with van der Waals surface area (Å²) in [5.41, 5.74) is 1.21. The van der Waals surface area contributed by atoms with Crippen LogP contribution in [-0.2, 0) is 10.0 Å². The maximum atomic E-state index is 12.6. The Hall–Kier alpha value is -4.40. The van der Waals surface area contributed by atoms with Crippen molar-refractivity contribution >= 4 is 33.2 Å². The first-order valence-corrected chi connectivity index (χ1v) is 11.0.